The van der Waals surface area contributed by atoms with Crippen molar-refractivity contribution >= 4 is 24.1 Å². The van der Waals surface area contributed by atoms with Crippen LogP contribution in [0.3, 0.4) is 0 Å². The number of carbonyl (C=O) groups excluding carboxylic acids is 4. The van der Waals surface area contributed by atoms with Gasteiger partial charge in [0.25, 0.3) is 0 Å². The lowest BCUT2D eigenvalue weighted by molar-refractivity contribution is -0.105. The van der Waals surface area contributed by atoms with Crippen molar-refractivity contribution in [3.8, 4) is 0 Å². The molecule has 0 aliphatic carbocycles. The molecular weight excluding hydrogens is 272 g/mol. The SMILES string of the molecule is O.O=CC(=O)c1ccccc1.O=CC(=O)c1ccccc1. The van der Waals surface area contributed by atoms with Gasteiger partial charge in [0.2, 0.25) is 11.6 Å². The number of carbonyl (C=O) groups is 4. The normalized spacial score (nSPS) is 8.38. The third-order valence-corrected chi connectivity index (χ3v) is 2.33. The Balaban J connectivity index is 0.000000364. The van der Waals surface area contributed by atoms with Crippen molar-refractivity contribution in [2.45, 2.75) is 0 Å². The van der Waals surface area contributed by atoms with E-state index in [1.54, 1.807) is 60.7 Å². The zero-order chi connectivity index (χ0) is 14.8. The number of hydrogen-bond donors (Lipinski definition) is 0. The highest BCUT2D eigenvalue weighted by atomic mass is 16.2. The largest absolute Gasteiger partial charge is 0.412 e. The third-order valence-electron chi connectivity index (χ3n) is 2.33. The minimum absolute atomic E-state index is 0. The molecule has 0 radical (unpaired) electrons. The van der Waals surface area contributed by atoms with Crippen LogP contribution in [-0.2, 0) is 9.59 Å². The zero-order valence-corrected chi connectivity index (χ0v) is 11.1. The standard InChI is InChI=1S/2C8H6O2.H2O/c2*9-6-8(10)7-4-2-1-3-5-7;/h2*1-6H;1H2. The molecule has 0 spiro atoms. The summed E-state index contributed by atoms with van der Waals surface area (Å²) in [5.74, 6) is -0.943. The van der Waals surface area contributed by atoms with E-state index in [1.807, 2.05) is 0 Å². The summed E-state index contributed by atoms with van der Waals surface area (Å²) >= 11 is 0. The Labute approximate surface area is 121 Å². The fourth-order valence-electron chi connectivity index (χ4n) is 1.34. The van der Waals surface area contributed by atoms with Crippen LogP contribution in [0.15, 0.2) is 60.7 Å². The summed E-state index contributed by atoms with van der Waals surface area (Å²) in [7, 11) is 0. The van der Waals surface area contributed by atoms with Crippen LogP contribution in [0.1, 0.15) is 20.7 Å². The zero-order valence-electron chi connectivity index (χ0n) is 11.1. The lowest BCUT2D eigenvalue weighted by Crippen LogP contribution is -1.97. The molecule has 108 valence electrons. The van der Waals surface area contributed by atoms with Crippen LogP contribution in [0, 0.1) is 0 Å². The Hall–Kier alpha value is -2.92. The van der Waals surface area contributed by atoms with Crippen molar-refractivity contribution in [1.82, 2.24) is 0 Å². The minimum atomic E-state index is -0.472. The predicted octanol–water partition coefficient (Wildman–Crippen LogP) is 1.31. The molecule has 0 unspecified atom stereocenters. The Kier molecular flexibility index (Phi) is 8.56. The van der Waals surface area contributed by atoms with Crippen LogP contribution >= 0.6 is 0 Å². The molecule has 0 aromatic heterocycles. The van der Waals surface area contributed by atoms with Gasteiger partial charge in [-0.15, -0.1) is 0 Å². The van der Waals surface area contributed by atoms with Gasteiger partial charge in [-0.2, -0.15) is 0 Å². The molecule has 0 amide bonds. The van der Waals surface area contributed by atoms with Crippen molar-refractivity contribution < 1.29 is 24.7 Å². The molecule has 0 fully saturated rings. The Bertz CT molecular complexity index is 535. The molecule has 21 heavy (non-hydrogen) atoms. The minimum Gasteiger partial charge on any atom is -0.412 e. The van der Waals surface area contributed by atoms with E-state index in [9.17, 15) is 19.2 Å². The molecule has 5 nitrogen and oxygen atoms in total. The molecule has 5 heteroatoms. The molecular formula is C16H14O5. The first-order valence-electron chi connectivity index (χ1n) is 5.78. The molecule has 2 rings (SSSR count). The highest BCUT2D eigenvalue weighted by molar-refractivity contribution is 6.33. The maximum atomic E-state index is 10.6. The summed E-state index contributed by atoms with van der Waals surface area (Å²) in [5.41, 5.74) is 0.884. The van der Waals surface area contributed by atoms with Crippen molar-refractivity contribution in [3.63, 3.8) is 0 Å². The first-order chi connectivity index (χ1) is 9.69. The number of ketones is 2. The van der Waals surface area contributed by atoms with E-state index in [0.29, 0.717) is 23.7 Å². The highest BCUT2D eigenvalue weighted by Gasteiger charge is 2.00. The van der Waals surface area contributed by atoms with Gasteiger partial charge in [-0.05, 0) is 0 Å². The van der Waals surface area contributed by atoms with Crippen molar-refractivity contribution in [1.29, 1.82) is 0 Å². The van der Waals surface area contributed by atoms with E-state index >= 15 is 0 Å². The molecule has 0 saturated heterocycles. The van der Waals surface area contributed by atoms with Crippen molar-refractivity contribution in [2.75, 3.05) is 0 Å². The maximum absolute atomic E-state index is 10.6. The van der Waals surface area contributed by atoms with Gasteiger partial charge in [0.05, 0.1) is 0 Å². The first kappa shape index (κ1) is 18.1. The van der Waals surface area contributed by atoms with Crippen LogP contribution in [0.2, 0.25) is 0 Å². The van der Waals surface area contributed by atoms with Crippen LogP contribution in [0.25, 0.3) is 0 Å². The van der Waals surface area contributed by atoms with E-state index in [2.05, 4.69) is 0 Å². The quantitative estimate of drug-likeness (QED) is 0.480. The van der Waals surface area contributed by atoms with E-state index in [-0.39, 0.29) is 5.48 Å². The van der Waals surface area contributed by atoms with E-state index in [4.69, 9.17) is 0 Å². The number of hydrogen-bond acceptors (Lipinski definition) is 4. The van der Waals surface area contributed by atoms with Gasteiger partial charge in [-0.1, -0.05) is 60.7 Å². The van der Waals surface area contributed by atoms with E-state index in [0.717, 1.165) is 0 Å². The van der Waals surface area contributed by atoms with Crippen LogP contribution in [-0.4, -0.2) is 29.6 Å². The summed E-state index contributed by atoms with van der Waals surface area (Å²) in [4.78, 5) is 41.2. The first-order valence-corrected chi connectivity index (χ1v) is 5.78. The van der Waals surface area contributed by atoms with Crippen LogP contribution in [0.5, 0.6) is 0 Å². The van der Waals surface area contributed by atoms with Gasteiger partial charge in [-0.25, -0.2) is 0 Å². The van der Waals surface area contributed by atoms with Gasteiger partial charge in [0.1, 0.15) is 0 Å². The van der Waals surface area contributed by atoms with Gasteiger partial charge < -0.3 is 5.48 Å². The average molecular weight is 286 g/mol. The fraction of sp³-hybridized carbons (Fsp3) is 0. The van der Waals surface area contributed by atoms with Crippen LogP contribution in [0.4, 0.5) is 0 Å². The maximum Gasteiger partial charge on any atom is 0.225 e. The average Bonchev–Trinajstić information content (AvgIpc) is 2.55. The lowest BCUT2D eigenvalue weighted by atomic mass is 10.1. The van der Waals surface area contributed by atoms with E-state index < -0.39 is 11.6 Å². The second-order valence-corrected chi connectivity index (χ2v) is 3.70. The Morgan fingerprint density at radius 2 is 0.905 bits per heavy atom. The van der Waals surface area contributed by atoms with Gasteiger partial charge >= 0.3 is 0 Å². The van der Waals surface area contributed by atoms with Crippen LogP contribution < -0.4 is 0 Å². The molecule has 0 aliphatic heterocycles. The van der Waals surface area contributed by atoms with Crippen molar-refractivity contribution in [2.24, 2.45) is 0 Å². The molecule has 0 bridgehead atoms. The number of benzene rings is 2. The summed E-state index contributed by atoms with van der Waals surface area (Å²) in [6.07, 6.45) is 0.630. The van der Waals surface area contributed by atoms with Crippen molar-refractivity contribution in [3.05, 3.63) is 71.8 Å². The molecule has 0 atom stereocenters. The third kappa shape index (κ3) is 6.17. The molecule has 0 heterocycles. The number of aldehydes is 2. The summed E-state index contributed by atoms with van der Waals surface area (Å²) < 4.78 is 0. The molecule has 0 saturated carbocycles. The smallest absolute Gasteiger partial charge is 0.225 e. The molecule has 2 aromatic carbocycles. The van der Waals surface area contributed by atoms with Gasteiger partial charge in [0.15, 0.2) is 12.6 Å². The summed E-state index contributed by atoms with van der Waals surface area (Å²) in [6.45, 7) is 0. The molecule has 0 aliphatic rings. The summed E-state index contributed by atoms with van der Waals surface area (Å²) in [6, 6.07) is 16.9. The van der Waals surface area contributed by atoms with Gasteiger partial charge in [-0.3, -0.25) is 19.2 Å². The molecule has 2 aromatic rings. The second kappa shape index (κ2) is 9.94. The second-order valence-electron chi connectivity index (χ2n) is 3.70. The van der Waals surface area contributed by atoms with Gasteiger partial charge in [0, 0.05) is 11.1 Å². The topological polar surface area (TPSA) is 99.8 Å². The fourth-order valence-corrected chi connectivity index (χ4v) is 1.34. The highest BCUT2D eigenvalue weighted by Crippen LogP contribution is 1.97. The summed E-state index contributed by atoms with van der Waals surface area (Å²) in [5, 5.41) is 0. The predicted molar refractivity (Wildman–Crippen MR) is 77.3 cm³/mol. The lowest BCUT2D eigenvalue weighted by Gasteiger charge is -1.88. The Morgan fingerprint density at radius 3 is 1.14 bits per heavy atom. The monoisotopic (exact) mass is 286 g/mol. The Morgan fingerprint density at radius 1 is 0.619 bits per heavy atom. The van der Waals surface area contributed by atoms with E-state index in [1.165, 1.54) is 0 Å². The number of Topliss-reactive ketones (excluding diaryl/α,β-unsaturated/α-hetero) is 2. The molecule has 2 N–H and O–H groups in total. The number of rotatable bonds is 4.